The van der Waals surface area contributed by atoms with Crippen molar-refractivity contribution in [2.75, 3.05) is 0 Å². The predicted octanol–water partition coefficient (Wildman–Crippen LogP) is 0.958. The maximum Gasteiger partial charge on any atom is 0.348 e. The molecule has 1 aliphatic carbocycles. The average Bonchev–Trinajstić information content (AvgIpc) is 2.87. The van der Waals surface area contributed by atoms with Crippen LogP contribution >= 0.6 is 12.2 Å². The van der Waals surface area contributed by atoms with Gasteiger partial charge in [-0.05, 0) is 31.0 Å². The summed E-state index contributed by atoms with van der Waals surface area (Å²) in [5.74, 6) is 0.556. The molecule has 14 heavy (non-hydrogen) atoms. The van der Waals surface area contributed by atoms with Gasteiger partial charge in [-0.1, -0.05) is 0 Å². The standard InChI is InChI=1S/C8H8N4OS/c13-8-11-7(14)10-6-5(4-1-2-4)3-9-12(6)8/h3-4,9H,1-2H2,(H,11,13,14). The lowest BCUT2D eigenvalue weighted by molar-refractivity contribution is 0.833. The summed E-state index contributed by atoms with van der Waals surface area (Å²) in [6.07, 6.45) is 4.19. The molecule has 2 aromatic rings. The van der Waals surface area contributed by atoms with Crippen LogP contribution in [-0.2, 0) is 0 Å². The second-order valence-corrected chi connectivity index (χ2v) is 3.90. The summed E-state index contributed by atoms with van der Waals surface area (Å²) >= 11 is 4.87. The van der Waals surface area contributed by atoms with Crippen LogP contribution in [0.2, 0.25) is 0 Å². The molecule has 2 N–H and O–H groups in total. The summed E-state index contributed by atoms with van der Waals surface area (Å²) in [7, 11) is 0. The monoisotopic (exact) mass is 208 g/mol. The van der Waals surface area contributed by atoms with Crippen LogP contribution in [0, 0.1) is 4.77 Å². The van der Waals surface area contributed by atoms with Crippen molar-refractivity contribution in [2.45, 2.75) is 18.8 Å². The van der Waals surface area contributed by atoms with Crippen LogP contribution in [0.5, 0.6) is 0 Å². The van der Waals surface area contributed by atoms with E-state index in [0.717, 1.165) is 5.56 Å². The molecule has 0 amide bonds. The number of H-pyrrole nitrogens is 2. The molecule has 0 radical (unpaired) electrons. The normalized spacial score (nSPS) is 16.3. The molecule has 2 heterocycles. The minimum atomic E-state index is -0.257. The van der Waals surface area contributed by atoms with Gasteiger partial charge in [0.15, 0.2) is 5.65 Å². The fourth-order valence-electron chi connectivity index (χ4n) is 1.62. The van der Waals surface area contributed by atoms with E-state index in [1.807, 2.05) is 6.20 Å². The van der Waals surface area contributed by atoms with Gasteiger partial charge in [0, 0.05) is 11.8 Å². The van der Waals surface area contributed by atoms with Crippen LogP contribution in [-0.4, -0.2) is 19.6 Å². The van der Waals surface area contributed by atoms with Gasteiger partial charge in [0.25, 0.3) is 0 Å². The minimum absolute atomic E-state index is 0.247. The van der Waals surface area contributed by atoms with E-state index in [1.54, 1.807) is 0 Å². The lowest BCUT2D eigenvalue weighted by Crippen LogP contribution is -2.18. The number of fused-ring (bicyclic) bond motifs is 1. The van der Waals surface area contributed by atoms with Crippen molar-refractivity contribution in [1.29, 1.82) is 0 Å². The number of rotatable bonds is 1. The molecule has 1 aliphatic rings. The van der Waals surface area contributed by atoms with Gasteiger partial charge in [0.05, 0.1) is 0 Å². The Labute approximate surface area is 83.8 Å². The molecule has 2 aromatic heterocycles. The number of aromatic nitrogens is 4. The Hall–Kier alpha value is -1.43. The fraction of sp³-hybridized carbons (Fsp3) is 0.375. The lowest BCUT2D eigenvalue weighted by atomic mass is 10.2. The molecule has 0 aliphatic heterocycles. The Morgan fingerprint density at radius 2 is 2.36 bits per heavy atom. The molecular formula is C8H8N4OS. The van der Waals surface area contributed by atoms with Crippen molar-refractivity contribution in [1.82, 2.24) is 19.6 Å². The molecule has 72 valence electrons. The predicted molar refractivity (Wildman–Crippen MR) is 53.0 cm³/mol. The highest BCUT2D eigenvalue weighted by molar-refractivity contribution is 7.71. The van der Waals surface area contributed by atoms with Crippen molar-refractivity contribution >= 4 is 17.9 Å². The van der Waals surface area contributed by atoms with Crippen molar-refractivity contribution in [3.63, 3.8) is 0 Å². The van der Waals surface area contributed by atoms with Crippen LogP contribution < -0.4 is 5.69 Å². The molecule has 0 bridgehead atoms. The van der Waals surface area contributed by atoms with Crippen LogP contribution in [0.15, 0.2) is 11.0 Å². The molecule has 0 unspecified atom stereocenters. The smallest absolute Gasteiger partial charge is 0.295 e. The highest BCUT2D eigenvalue weighted by Gasteiger charge is 2.27. The molecule has 0 aromatic carbocycles. The van der Waals surface area contributed by atoms with E-state index in [4.69, 9.17) is 12.2 Å². The number of nitrogens with zero attached hydrogens (tertiary/aromatic N) is 2. The van der Waals surface area contributed by atoms with E-state index in [0.29, 0.717) is 11.6 Å². The summed E-state index contributed by atoms with van der Waals surface area (Å²) in [5.41, 5.74) is 1.51. The molecule has 1 saturated carbocycles. The number of aromatic amines is 2. The first-order valence-corrected chi connectivity index (χ1v) is 4.87. The van der Waals surface area contributed by atoms with Crippen molar-refractivity contribution in [3.05, 3.63) is 27.0 Å². The summed E-state index contributed by atoms with van der Waals surface area (Å²) in [4.78, 5) is 18.0. The largest absolute Gasteiger partial charge is 0.348 e. The van der Waals surface area contributed by atoms with Gasteiger partial charge in [-0.3, -0.25) is 10.1 Å². The summed E-state index contributed by atoms with van der Waals surface area (Å²) in [5, 5.41) is 2.87. The quantitative estimate of drug-likeness (QED) is 0.686. The van der Waals surface area contributed by atoms with Gasteiger partial charge in [0.1, 0.15) is 0 Å². The summed E-state index contributed by atoms with van der Waals surface area (Å²) in [6.45, 7) is 0. The molecule has 1 fully saturated rings. The van der Waals surface area contributed by atoms with Gasteiger partial charge in [-0.25, -0.2) is 9.78 Å². The number of hydrogen-bond acceptors (Lipinski definition) is 3. The molecule has 0 spiro atoms. The van der Waals surface area contributed by atoms with E-state index in [-0.39, 0.29) is 10.5 Å². The molecule has 6 heteroatoms. The lowest BCUT2D eigenvalue weighted by Gasteiger charge is -1.93. The Bertz CT molecular complexity index is 604. The molecule has 0 atom stereocenters. The zero-order valence-electron chi connectivity index (χ0n) is 7.28. The fourth-order valence-corrected chi connectivity index (χ4v) is 1.80. The summed E-state index contributed by atoms with van der Waals surface area (Å²) < 4.78 is 1.64. The zero-order chi connectivity index (χ0) is 9.71. The third kappa shape index (κ3) is 1.04. The van der Waals surface area contributed by atoms with Crippen molar-refractivity contribution < 1.29 is 0 Å². The maximum atomic E-state index is 11.4. The Morgan fingerprint density at radius 3 is 3.07 bits per heavy atom. The Balaban J connectivity index is 2.44. The van der Waals surface area contributed by atoms with Gasteiger partial charge >= 0.3 is 5.69 Å². The topological polar surface area (TPSA) is 66.0 Å². The summed E-state index contributed by atoms with van der Waals surface area (Å²) in [6, 6.07) is 0. The third-order valence-corrected chi connectivity index (χ3v) is 2.65. The van der Waals surface area contributed by atoms with Crippen LogP contribution in [0.25, 0.3) is 5.65 Å². The number of hydrogen-bond donors (Lipinski definition) is 2. The maximum absolute atomic E-state index is 11.4. The van der Waals surface area contributed by atoms with Crippen molar-refractivity contribution in [3.8, 4) is 0 Å². The first kappa shape index (κ1) is 7.93. The SMILES string of the molecule is O=c1[nH]c(=S)nc2c(C3CC3)c[nH]n12. The zero-order valence-corrected chi connectivity index (χ0v) is 8.10. The second-order valence-electron chi connectivity index (χ2n) is 3.51. The van der Waals surface area contributed by atoms with E-state index in [2.05, 4.69) is 15.1 Å². The third-order valence-electron chi connectivity index (χ3n) is 2.46. The van der Waals surface area contributed by atoms with E-state index in [1.165, 1.54) is 17.4 Å². The molecule has 5 nitrogen and oxygen atoms in total. The molecule has 3 rings (SSSR count). The van der Waals surface area contributed by atoms with Crippen LogP contribution in [0.4, 0.5) is 0 Å². The van der Waals surface area contributed by atoms with E-state index >= 15 is 0 Å². The van der Waals surface area contributed by atoms with Crippen LogP contribution in [0.3, 0.4) is 0 Å². The van der Waals surface area contributed by atoms with Crippen LogP contribution in [0.1, 0.15) is 24.3 Å². The van der Waals surface area contributed by atoms with Gasteiger partial charge in [-0.2, -0.15) is 4.52 Å². The van der Waals surface area contributed by atoms with Crippen molar-refractivity contribution in [2.24, 2.45) is 0 Å². The first-order valence-electron chi connectivity index (χ1n) is 4.46. The molecular weight excluding hydrogens is 200 g/mol. The minimum Gasteiger partial charge on any atom is -0.295 e. The number of nitrogens with one attached hydrogen (secondary N) is 2. The Morgan fingerprint density at radius 1 is 1.57 bits per heavy atom. The highest BCUT2D eigenvalue weighted by Crippen LogP contribution is 2.41. The van der Waals surface area contributed by atoms with Gasteiger partial charge in [0.2, 0.25) is 4.77 Å². The highest BCUT2D eigenvalue weighted by atomic mass is 32.1. The van der Waals surface area contributed by atoms with Gasteiger partial charge in [-0.15, -0.1) is 0 Å². The first-order chi connectivity index (χ1) is 6.75. The Kier molecular flexibility index (Phi) is 1.44. The van der Waals surface area contributed by atoms with E-state index < -0.39 is 0 Å². The van der Waals surface area contributed by atoms with E-state index in [9.17, 15) is 4.79 Å². The van der Waals surface area contributed by atoms with Gasteiger partial charge < -0.3 is 0 Å². The average molecular weight is 208 g/mol. The second kappa shape index (κ2) is 2.54. The molecule has 0 saturated heterocycles.